The van der Waals surface area contributed by atoms with Crippen molar-refractivity contribution in [1.82, 2.24) is 4.98 Å². The van der Waals surface area contributed by atoms with Crippen molar-refractivity contribution in [2.45, 2.75) is 25.1 Å². The number of pyridine rings is 1. The Labute approximate surface area is 115 Å². The zero-order chi connectivity index (χ0) is 14.6. The van der Waals surface area contributed by atoms with Crippen LogP contribution in [0.2, 0.25) is 0 Å². The molecule has 0 aliphatic carbocycles. The highest BCUT2D eigenvalue weighted by molar-refractivity contribution is 5.25. The molecule has 0 aliphatic heterocycles. The molecule has 2 N–H and O–H groups in total. The Morgan fingerprint density at radius 2 is 1.70 bits per heavy atom. The van der Waals surface area contributed by atoms with E-state index < -0.39 is 11.7 Å². The summed E-state index contributed by atoms with van der Waals surface area (Å²) in [4.78, 5) is 4.18. The largest absolute Gasteiger partial charge is 0.416 e. The smallest absolute Gasteiger partial charge is 0.327 e. The first-order valence-corrected chi connectivity index (χ1v) is 6.27. The van der Waals surface area contributed by atoms with E-state index in [1.54, 1.807) is 6.20 Å². The van der Waals surface area contributed by atoms with Crippen LogP contribution in [-0.2, 0) is 19.0 Å². The maximum Gasteiger partial charge on any atom is 0.416 e. The third-order valence-corrected chi connectivity index (χ3v) is 2.98. The van der Waals surface area contributed by atoms with Crippen LogP contribution in [0.4, 0.5) is 13.2 Å². The highest BCUT2D eigenvalue weighted by Crippen LogP contribution is 2.29. The molecule has 2 aromatic rings. The second kappa shape index (κ2) is 6.05. The summed E-state index contributed by atoms with van der Waals surface area (Å²) >= 11 is 0. The van der Waals surface area contributed by atoms with Gasteiger partial charge in [-0.25, -0.2) is 0 Å². The molecule has 20 heavy (non-hydrogen) atoms. The number of benzene rings is 1. The number of alkyl halides is 3. The molecule has 0 radical (unpaired) electrons. The van der Waals surface area contributed by atoms with Crippen molar-refractivity contribution < 1.29 is 13.2 Å². The number of nitrogens with zero attached hydrogens (tertiary/aromatic N) is 1. The van der Waals surface area contributed by atoms with E-state index in [-0.39, 0.29) is 6.04 Å². The Balaban J connectivity index is 1.96. The molecule has 1 aromatic carbocycles. The number of halogens is 3. The molecule has 106 valence electrons. The molecule has 0 bridgehead atoms. The van der Waals surface area contributed by atoms with Crippen molar-refractivity contribution in [3.05, 3.63) is 65.5 Å². The van der Waals surface area contributed by atoms with E-state index in [9.17, 15) is 13.2 Å². The Bertz CT molecular complexity index is 535. The van der Waals surface area contributed by atoms with Crippen molar-refractivity contribution in [3.8, 4) is 0 Å². The fourth-order valence-corrected chi connectivity index (χ4v) is 1.99. The third-order valence-electron chi connectivity index (χ3n) is 2.98. The summed E-state index contributed by atoms with van der Waals surface area (Å²) in [7, 11) is 0. The fraction of sp³-hybridized carbons (Fsp3) is 0.267. The molecular weight excluding hydrogens is 265 g/mol. The van der Waals surface area contributed by atoms with Gasteiger partial charge in [0.2, 0.25) is 0 Å². The van der Waals surface area contributed by atoms with Gasteiger partial charge in [0.1, 0.15) is 0 Å². The molecule has 0 saturated heterocycles. The highest BCUT2D eigenvalue weighted by atomic mass is 19.4. The number of hydrogen-bond donors (Lipinski definition) is 1. The molecule has 1 heterocycles. The summed E-state index contributed by atoms with van der Waals surface area (Å²) < 4.78 is 37.3. The second-order valence-corrected chi connectivity index (χ2v) is 4.68. The molecule has 0 spiro atoms. The minimum absolute atomic E-state index is 0.165. The SMILES string of the molecule is NC(Cc1ccc(C(F)(F)F)cc1)Cc1ccccn1. The molecule has 1 atom stereocenters. The van der Waals surface area contributed by atoms with E-state index in [0.29, 0.717) is 12.8 Å². The zero-order valence-electron chi connectivity index (χ0n) is 10.8. The molecule has 2 nitrogen and oxygen atoms in total. The van der Waals surface area contributed by atoms with E-state index in [1.165, 1.54) is 12.1 Å². The Kier molecular flexibility index (Phi) is 4.39. The number of aromatic nitrogens is 1. The second-order valence-electron chi connectivity index (χ2n) is 4.68. The summed E-state index contributed by atoms with van der Waals surface area (Å²) in [6.45, 7) is 0. The van der Waals surface area contributed by atoms with Crippen LogP contribution in [0.15, 0.2) is 48.7 Å². The first-order valence-electron chi connectivity index (χ1n) is 6.27. The van der Waals surface area contributed by atoms with Crippen LogP contribution in [0, 0.1) is 0 Å². The third kappa shape index (κ3) is 4.06. The molecule has 0 aliphatic rings. The topological polar surface area (TPSA) is 38.9 Å². The van der Waals surface area contributed by atoms with Crippen molar-refractivity contribution >= 4 is 0 Å². The Hall–Kier alpha value is -1.88. The molecule has 0 fully saturated rings. The molecule has 0 amide bonds. The average molecular weight is 280 g/mol. The summed E-state index contributed by atoms with van der Waals surface area (Å²) in [6.07, 6.45) is -1.48. The average Bonchev–Trinajstić information content (AvgIpc) is 2.39. The van der Waals surface area contributed by atoms with Crippen molar-refractivity contribution in [3.63, 3.8) is 0 Å². The van der Waals surface area contributed by atoms with Crippen LogP contribution in [-0.4, -0.2) is 11.0 Å². The normalized spacial score (nSPS) is 13.2. The van der Waals surface area contributed by atoms with Gasteiger partial charge in [-0.3, -0.25) is 4.98 Å². The quantitative estimate of drug-likeness (QED) is 0.934. The molecule has 1 unspecified atom stereocenters. The van der Waals surface area contributed by atoms with Gasteiger partial charge in [0, 0.05) is 24.4 Å². The molecule has 0 saturated carbocycles. The van der Waals surface area contributed by atoms with E-state index in [2.05, 4.69) is 4.98 Å². The van der Waals surface area contributed by atoms with E-state index in [4.69, 9.17) is 5.73 Å². The summed E-state index contributed by atoms with van der Waals surface area (Å²) in [5, 5.41) is 0. The minimum atomic E-state index is -4.30. The molecule has 1 aromatic heterocycles. The molecule has 5 heteroatoms. The van der Waals surface area contributed by atoms with Gasteiger partial charge in [0.25, 0.3) is 0 Å². The van der Waals surface area contributed by atoms with E-state index >= 15 is 0 Å². The van der Waals surface area contributed by atoms with Crippen LogP contribution < -0.4 is 5.73 Å². The maximum atomic E-state index is 12.4. The number of rotatable bonds is 4. The molecule has 2 rings (SSSR count). The van der Waals surface area contributed by atoms with Crippen LogP contribution in [0.3, 0.4) is 0 Å². The molecular formula is C15H15F3N2. The predicted octanol–water partition coefficient (Wildman–Crippen LogP) is 3.21. The first-order chi connectivity index (χ1) is 9.45. The van der Waals surface area contributed by atoms with Gasteiger partial charge in [-0.15, -0.1) is 0 Å². The summed E-state index contributed by atoms with van der Waals surface area (Å²) in [6, 6.07) is 10.5. The monoisotopic (exact) mass is 280 g/mol. The fourth-order valence-electron chi connectivity index (χ4n) is 1.99. The minimum Gasteiger partial charge on any atom is -0.327 e. The van der Waals surface area contributed by atoms with Gasteiger partial charge in [0.15, 0.2) is 0 Å². The highest BCUT2D eigenvalue weighted by Gasteiger charge is 2.29. The van der Waals surface area contributed by atoms with Gasteiger partial charge < -0.3 is 5.73 Å². The maximum absolute atomic E-state index is 12.4. The van der Waals surface area contributed by atoms with Crippen LogP contribution in [0.5, 0.6) is 0 Å². The predicted molar refractivity (Wildman–Crippen MR) is 71.1 cm³/mol. The number of hydrogen-bond acceptors (Lipinski definition) is 2. The van der Waals surface area contributed by atoms with Gasteiger partial charge in [-0.1, -0.05) is 18.2 Å². The van der Waals surface area contributed by atoms with Gasteiger partial charge >= 0.3 is 6.18 Å². The van der Waals surface area contributed by atoms with E-state index in [1.807, 2.05) is 18.2 Å². The van der Waals surface area contributed by atoms with Gasteiger partial charge in [-0.2, -0.15) is 13.2 Å². The lowest BCUT2D eigenvalue weighted by atomic mass is 10.0. The van der Waals surface area contributed by atoms with Crippen molar-refractivity contribution in [1.29, 1.82) is 0 Å². The van der Waals surface area contributed by atoms with Crippen molar-refractivity contribution in [2.75, 3.05) is 0 Å². The standard InChI is InChI=1S/C15H15F3N2/c16-15(17,18)12-6-4-11(5-7-12)9-13(19)10-14-3-1-2-8-20-14/h1-8,13H,9-10,19H2. The Morgan fingerprint density at radius 1 is 1.00 bits per heavy atom. The first kappa shape index (κ1) is 14.5. The Morgan fingerprint density at radius 3 is 2.25 bits per heavy atom. The zero-order valence-corrected chi connectivity index (χ0v) is 10.8. The van der Waals surface area contributed by atoms with Crippen molar-refractivity contribution in [2.24, 2.45) is 5.73 Å². The van der Waals surface area contributed by atoms with Crippen LogP contribution in [0.1, 0.15) is 16.8 Å². The number of nitrogens with two attached hydrogens (primary N) is 1. The van der Waals surface area contributed by atoms with Crippen LogP contribution in [0.25, 0.3) is 0 Å². The summed E-state index contributed by atoms with van der Waals surface area (Å²) in [5.41, 5.74) is 7.03. The van der Waals surface area contributed by atoms with E-state index in [0.717, 1.165) is 23.4 Å². The lowest BCUT2D eigenvalue weighted by Crippen LogP contribution is -2.26. The lowest BCUT2D eigenvalue weighted by Gasteiger charge is -2.12. The van der Waals surface area contributed by atoms with Crippen LogP contribution >= 0.6 is 0 Å². The lowest BCUT2D eigenvalue weighted by molar-refractivity contribution is -0.137. The van der Waals surface area contributed by atoms with Gasteiger partial charge in [0.05, 0.1) is 5.56 Å². The summed E-state index contributed by atoms with van der Waals surface area (Å²) in [5.74, 6) is 0. The van der Waals surface area contributed by atoms with Gasteiger partial charge in [-0.05, 0) is 36.2 Å².